The van der Waals surface area contributed by atoms with Crippen LogP contribution in [-0.2, 0) is 14.3 Å². The summed E-state index contributed by atoms with van der Waals surface area (Å²) >= 11 is 0. The maximum absolute atomic E-state index is 11.2. The molecule has 0 radical (unpaired) electrons. The molecule has 0 aromatic rings. The van der Waals surface area contributed by atoms with E-state index in [1.165, 1.54) is 6.92 Å². The number of esters is 1. The van der Waals surface area contributed by atoms with Gasteiger partial charge in [0.25, 0.3) is 5.91 Å². The first-order valence-electron chi connectivity index (χ1n) is 5.42. The summed E-state index contributed by atoms with van der Waals surface area (Å²) in [6.07, 6.45) is 4.62. The van der Waals surface area contributed by atoms with E-state index < -0.39 is 17.5 Å². The summed E-state index contributed by atoms with van der Waals surface area (Å²) < 4.78 is 4.97. The first-order valence-corrected chi connectivity index (χ1v) is 5.42. The van der Waals surface area contributed by atoms with E-state index in [1.54, 1.807) is 6.92 Å². The van der Waals surface area contributed by atoms with Gasteiger partial charge in [0.15, 0.2) is 5.60 Å². The molecule has 0 rings (SSSR count). The Labute approximate surface area is 91.2 Å². The van der Waals surface area contributed by atoms with E-state index in [-0.39, 0.29) is 0 Å². The topological polar surface area (TPSA) is 69.4 Å². The number of amides is 1. The van der Waals surface area contributed by atoms with Gasteiger partial charge >= 0.3 is 5.97 Å². The van der Waals surface area contributed by atoms with Crippen LogP contribution in [0.5, 0.6) is 0 Å². The molecular weight excluding hydrogens is 194 g/mol. The minimum Gasteiger partial charge on any atom is -0.449 e. The SMILES string of the molecule is CCCCCCC(C)(OC(C)=O)C(N)=O. The van der Waals surface area contributed by atoms with Crippen molar-refractivity contribution >= 4 is 11.9 Å². The van der Waals surface area contributed by atoms with E-state index in [4.69, 9.17) is 10.5 Å². The standard InChI is InChI=1S/C11H21NO3/c1-4-5-6-7-8-11(3,10(12)14)15-9(2)13/h4-8H2,1-3H3,(H2,12,14). The van der Waals surface area contributed by atoms with Crippen molar-refractivity contribution < 1.29 is 14.3 Å². The molecular formula is C11H21NO3. The molecule has 2 N–H and O–H groups in total. The van der Waals surface area contributed by atoms with Gasteiger partial charge in [-0.3, -0.25) is 9.59 Å². The Hall–Kier alpha value is -1.06. The molecule has 0 bridgehead atoms. The van der Waals surface area contributed by atoms with Gasteiger partial charge in [0, 0.05) is 6.92 Å². The van der Waals surface area contributed by atoms with Crippen molar-refractivity contribution in [2.75, 3.05) is 0 Å². The first-order chi connectivity index (χ1) is 6.92. The van der Waals surface area contributed by atoms with Crippen LogP contribution in [0.25, 0.3) is 0 Å². The smallest absolute Gasteiger partial charge is 0.303 e. The van der Waals surface area contributed by atoms with Crippen LogP contribution >= 0.6 is 0 Å². The van der Waals surface area contributed by atoms with Crippen LogP contribution in [0.4, 0.5) is 0 Å². The monoisotopic (exact) mass is 215 g/mol. The second-order valence-electron chi connectivity index (χ2n) is 4.00. The van der Waals surface area contributed by atoms with Crippen LogP contribution in [-0.4, -0.2) is 17.5 Å². The average molecular weight is 215 g/mol. The Morgan fingerprint density at radius 3 is 2.27 bits per heavy atom. The molecule has 1 unspecified atom stereocenters. The van der Waals surface area contributed by atoms with Gasteiger partial charge in [-0.15, -0.1) is 0 Å². The van der Waals surface area contributed by atoms with E-state index in [9.17, 15) is 9.59 Å². The van der Waals surface area contributed by atoms with Crippen molar-refractivity contribution in [3.05, 3.63) is 0 Å². The minimum absolute atomic E-state index is 0.466. The molecule has 0 spiro atoms. The molecule has 0 heterocycles. The number of nitrogens with two attached hydrogens (primary N) is 1. The summed E-state index contributed by atoms with van der Waals surface area (Å²) in [5.41, 5.74) is 4.08. The maximum Gasteiger partial charge on any atom is 0.303 e. The summed E-state index contributed by atoms with van der Waals surface area (Å²) in [6.45, 7) is 4.97. The number of ether oxygens (including phenoxy) is 1. The second kappa shape index (κ2) is 6.43. The molecule has 0 saturated heterocycles. The van der Waals surface area contributed by atoms with Crippen LogP contribution in [0.3, 0.4) is 0 Å². The molecule has 15 heavy (non-hydrogen) atoms. The lowest BCUT2D eigenvalue weighted by Crippen LogP contribution is -2.44. The van der Waals surface area contributed by atoms with Crippen LogP contribution in [0, 0.1) is 0 Å². The molecule has 0 aliphatic rings. The van der Waals surface area contributed by atoms with Gasteiger partial charge in [0.2, 0.25) is 0 Å². The fraction of sp³-hybridized carbons (Fsp3) is 0.818. The lowest BCUT2D eigenvalue weighted by Gasteiger charge is -2.25. The fourth-order valence-corrected chi connectivity index (χ4v) is 1.43. The lowest BCUT2D eigenvalue weighted by molar-refractivity contribution is -0.164. The summed E-state index contributed by atoms with van der Waals surface area (Å²) in [4.78, 5) is 22.0. The van der Waals surface area contributed by atoms with Crippen molar-refractivity contribution in [1.29, 1.82) is 0 Å². The Balaban J connectivity index is 4.14. The van der Waals surface area contributed by atoms with E-state index in [1.807, 2.05) is 0 Å². The average Bonchev–Trinajstić information content (AvgIpc) is 2.11. The Morgan fingerprint density at radius 2 is 1.87 bits per heavy atom. The summed E-state index contributed by atoms with van der Waals surface area (Å²) in [7, 11) is 0. The highest BCUT2D eigenvalue weighted by Crippen LogP contribution is 2.19. The molecule has 0 aliphatic heterocycles. The van der Waals surface area contributed by atoms with E-state index in [2.05, 4.69) is 6.92 Å². The van der Waals surface area contributed by atoms with Crippen LogP contribution in [0.15, 0.2) is 0 Å². The van der Waals surface area contributed by atoms with Crippen molar-refractivity contribution in [3.8, 4) is 0 Å². The quantitative estimate of drug-likeness (QED) is 0.519. The number of unbranched alkanes of at least 4 members (excludes halogenated alkanes) is 3. The van der Waals surface area contributed by atoms with Crippen molar-refractivity contribution in [2.24, 2.45) is 5.73 Å². The summed E-state index contributed by atoms with van der Waals surface area (Å²) in [5, 5.41) is 0. The number of hydrogen-bond acceptors (Lipinski definition) is 3. The van der Waals surface area contributed by atoms with Gasteiger partial charge in [0.1, 0.15) is 0 Å². The zero-order valence-corrected chi connectivity index (χ0v) is 9.84. The number of carbonyl (C=O) groups is 2. The van der Waals surface area contributed by atoms with Gasteiger partial charge in [-0.1, -0.05) is 26.2 Å². The minimum atomic E-state index is -1.14. The van der Waals surface area contributed by atoms with Crippen molar-refractivity contribution in [1.82, 2.24) is 0 Å². The Morgan fingerprint density at radius 1 is 1.27 bits per heavy atom. The zero-order chi connectivity index (χ0) is 11.9. The molecule has 0 fully saturated rings. The predicted molar refractivity (Wildman–Crippen MR) is 58.1 cm³/mol. The van der Waals surface area contributed by atoms with Gasteiger partial charge in [-0.25, -0.2) is 0 Å². The third-order valence-corrected chi connectivity index (χ3v) is 2.40. The molecule has 4 nitrogen and oxygen atoms in total. The molecule has 1 amide bonds. The highest BCUT2D eigenvalue weighted by molar-refractivity contribution is 5.85. The third-order valence-electron chi connectivity index (χ3n) is 2.40. The number of carbonyl (C=O) groups excluding carboxylic acids is 2. The third kappa shape index (κ3) is 5.40. The van der Waals surface area contributed by atoms with E-state index >= 15 is 0 Å². The number of hydrogen-bond donors (Lipinski definition) is 1. The van der Waals surface area contributed by atoms with Crippen LogP contribution in [0.1, 0.15) is 52.9 Å². The fourth-order valence-electron chi connectivity index (χ4n) is 1.43. The lowest BCUT2D eigenvalue weighted by atomic mass is 9.97. The van der Waals surface area contributed by atoms with Gasteiger partial charge < -0.3 is 10.5 Å². The van der Waals surface area contributed by atoms with Crippen LogP contribution in [0.2, 0.25) is 0 Å². The molecule has 0 aromatic heterocycles. The Kier molecular flexibility index (Phi) is 5.97. The zero-order valence-electron chi connectivity index (χ0n) is 9.84. The molecule has 0 aliphatic carbocycles. The second-order valence-corrected chi connectivity index (χ2v) is 4.00. The van der Waals surface area contributed by atoms with E-state index in [0.29, 0.717) is 6.42 Å². The van der Waals surface area contributed by atoms with Crippen molar-refractivity contribution in [2.45, 2.75) is 58.5 Å². The molecule has 0 saturated carbocycles. The molecule has 1 atom stereocenters. The number of primary amides is 1. The first kappa shape index (κ1) is 13.9. The van der Waals surface area contributed by atoms with E-state index in [0.717, 1.165) is 25.7 Å². The predicted octanol–water partition coefficient (Wildman–Crippen LogP) is 1.76. The van der Waals surface area contributed by atoms with Crippen LogP contribution < -0.4 is 5.73 Å². The highest BCUT2D eigenvalue weighted by atomic mass is 16.6. The van der Waals surface area contributed by atoms with Gasteiger partial charge in [0.05, 0.1) is 0 Å². The number of rotatable bonds is 7. The van der Waals surface area contributed by atoms with Gasteiger partial charge in [-0.2, -0.15) is 0 Å². The molecule has 0 aromatic carbocycles. The largest absolute Gasteiger partial charge is 0.449 e. The summed E-state index contributed by atoms with van der Waals surface area (Å²) in [6, 6.07) is 0. The van der Waals surface area contributed by atoms with Crippen molar-refractivity contribution in [3.63, 3.8) is 0 Å². The molecule has 4 heteroatoms. The van der Waals surface area contributed by atoms with Gasteiger partial charge in [-0.05, 0) is 19.8 Å². The Bertz CT molecular complexity index is 228. The maximum atomic E-state index is 11.2. The highest BCUT2D eigenvalue weighted by Gasteiger charge is 2.33. The summed E-state index contributed by atoms with van der Waals surface area (Å²) in [5.74, 6) is -1.04. The molecule has 88 valence electrons. The normalized spacial score (nSPS) is 14.3.